The van der Waals surface area contributed by atoms with E-state index in [2.05, 4.69) is 15.6 Å². The second-order valence-corrected chi connectivity index (χ2v) is 4.75. The minimum absolute atomic E-state index is 0.0244. The number of carboxylic acid groups (broad SMARTS) is 1. The molecular weight excluding hydrogens is 274 g/mol. The van der Waals surface area contributed by atoms with Crippen molar-refractivity contribution in [3.63, 3.8) is 0 Å². The second-order valence-electron chi connectivity index (χ2n) is 4.75. The van der Waals surface area contributed by atoms with Crippen molar-refractivity contribution >= 4 is 17.8 Å². The van der Waals surface area contributed by atoms with Crippen molar-refractivity contribution < 1.29 is 19.5 Å². The maximum absolute atomic E-state index is 12.0. The molecular formula is C14H19N3O4. The zero-order chi connectivity index (χ0) is 16.0. The zero-order valence-corrected chi connectivity index (χ0v) is 12.2. The average Bonchev–Trinajstić information content (AvgIpc) is 2.46. The molecule has 0 aliphatic carbocycles. The summed E-state index contributed by atoms with van der Waals surface area (Å²) in [6.07, 6.45) is 2.03. The molecule has 0 radical (unpaired) electrons. The lowest BCUT2D eigenvalue weighted by Crippen LogP contribution is -2.47. The molecule has 1 heterocycles. The molecule has 0 spiro atoms. The largest absolute Gasteiger partial charge is 0.477 e. The van der Waals surface area contributed by atoms with Gasteiger partial charge in [-0.15, -0.1) is 0 Å². The smallest absolute Gasteiger partial charge is 0.354 e. The molecule has 0 aliphatic heterocycles. The predicted molar refractivity (Wildman–Crippen MR) is 76.0 cm³/mol. The van der Waals surface area contributed by atoms with Crippen LogP contribution >= 0.6 is 0 Å². The molecule has 7 nitrogen and oxygen atoms in total. The summed E-state index contributed by atoms with van der Waals surface area (Å²) in [5, 5.41) is 14.1. The van der Waals surface area contributed by atoms with Crippen LogP contribution in [0.5, 0.6) is 0 Å². The van der Waals surface area contributed by atoms with E-state index < -0.39 is 17.9 Å². The first-order valence-corrected chi connectivity index (χ1v) is 6.65. The molecule has 0 saturated heterocycles. The van der Waals surface area contributed by atoms with Gasteiger partial charge in [-0.05, 0) is 32.4 Å². The number of carbonyl (C=O) groups is 3. The standard InChI is InChI=1S/C14H19N3O4/c1-4-8(2)16-12(18)9(3)17-13(19)10-5-6-15-11(7-10)14(20)21/h5-9H,4H2,1-3H3,(H,16,18)(H,17,19)(H,20,21). The molecule has 0 aromatic carbocycles. The first kappa shape index (κ1) is 16.6. The molecule has 0 bridgehead atoms. The van der Waals surface area contributed by atoms with Crippen LogP contribution in [0.15, 0.2) is 18.3 Å². The molecule has 114 valence electrons. The van der Waals surface area contributed by atoms with E-state index in [-0.39, 0.29) is 23.2 Å². The van der Waals surface area contributed by atoms with E-state index in [1.807, 2.05) is 13.8 Å². The third kappa shape index (κ3) is 4.87. The van der Waals surface area contributed by atoms with E-state index in [0.29, 0.717) is 0 Å². The van der Waals surface area contributed by atoms with E-state index in [9.17, 15) is 14.4 Å². The summed E-state index contributed by atoms with van der Waals surface area (Å²) in [5.41, 5.74) is -0.0788. The van der Waals surface area contributed by atoms with Gasteiger partial charge in [0.2, 0.25) is 5.91 Å². The van der Waals surface area contributed by atoms with Gasteiger partial charge >= 0.3 is 5.97 Å². The highest BCUT2D eigenvalue weighted by Crippen LogP contribution is 2.03. The van der Waals surface area contributed by atoms with Crippen molar-refractivity contribution in [2.24, 2.45) is 0 Å². The highest BCUT2D eigenvalue weighted by atomic mass is 16.4. The minimum Gasteiger partial charge on any atom is -0.477 e. The molecule has 21 heavy (non-hydrogen) atoms. The maximum atomic E-state index is 12.0. The number of hydrogen-bond acceptors (Lipinski definition) is 4. The van der Waals surface area contributed by atoms with Crippen LogP contribution in [-0.4, -0.2) is 40.0 Å². The molecule has 0 saturated carbocycles. The first-order valence-electron chi connectivity index (χ1n) is 6.65. The van der Waals surface area contributed by atoms with Crippen LogP contribution in [0, 0.1) is 0 Å². The lowest BCUT2D eigenvalue weighted by molar-refractivity contribution is -0.123. The van der Waals surface area contributed by atoms with Gasteiger partial charge < -0.3 is 15.7 Å². The van der Waals surface area contributed by atoms with Gasteiger partial charge in [-0.1, -0.05) is 6.92 Å². The van der Waals surface area contributed by atoms with Gasteiger partial charge in [0.05, 0.1) is 0 Å². The molecule has 2 unspecified atom stereocenters. The van der Waals surface area contributed by atoms with Gasteiger partial charge in [0.15, 0.2) is 0 Å². The third-order valence-electron chi connectivity index (χ3n) is 2.98. The summed E-state index contributed by atoms with van der Waals surface area (Å²) >= 11 is 0. The molecule has 2 atom stereocenters. The molecule has 7 heteroatoms. The van der Waals surface area contributed by atoms with E-state index in [0.717, 1.165) is 12.5 Å². The molecule has 0 fully saturated rings. The average molecular weight is 293 g/mol. The van der Waals surface area contributed by atoms with Crippen molar-refractivity contribution in [3.05, 3.63) is 29.6 Å². The first-order chi connectivity index (χ1) is 9.85. The monoisotopic (exact) mass is 293 g/mol. The summed E-state index contributed by atoms with van der Waals surface area (Å²) in [6.45, 7) is 5.38. The summed E-state index contributed by atoms with van der Waals surface area (Å²) in [4.78, 5) is 38.2. The van der Waals surface area contributed by atoms with Gasteiger partial charge in [0, 0.05) is 17.8 Å². The topological polar surface area (TPSA) is 108 Å². The SMILES string of the molecule is CCC(C)NC(=O)C(C)NC(=O)c1ccnc(C(=O)O)c1. The minimum atomic E-state index is -1.22. The van der Waals surface area contributed by atoms with Crippen LogP contribution in [-0.2, 0) is 4.79 Å². The third-order valence-corrected chi connectivity index (χ3v) is 2.98. The summed E-state index contributed by atoms with van der Waals surface area (Å²) in [5.74, 6) is -2.02. The van der Waals surface area contributed by atoms with Crippen LogP contribution in [0.25, 0.3) is 0 Å². The van der Waals surface area contributed by atoms with E-state index in [1.54, 1.807) is 6.92 Å². The quantitative estimate of drug-likeness (QED) is 0.719. The Bertz CT molecular complexity index is 545. The summed E-state index contributed by atoms with van der Waals surface area (Å²) < 4.78 is 0. The van der Waals surface area contributed by atoms with Crippen LogP contribution < -0.4 is 10.6 Å². The van der Waals surface area contributed by atoms with Crippen molar-refractivity contribution in [3.8, 4) is 0 Å². The van der Waals surface area contributed by atoms with Crippen molar-refractivity contribution in [2.45, 2.75) is 39.3 Å². The van der Waals surface area contributed by atoms with Gasteiger partial charge in [-0.25, -0.2) is 9.78 Å². The van der Waals surface area contributed by atoms with E-state index in [1.165, 1.54) is 12.3 Å². The maximum Gasteiger partial charge on any atom is 0.354 e. The van der Waals surface area contributed by atoms with E-state index >= 15 is 0 Å². The fourth-order valence-corrected chi connectivity index (χ4v) is 1.50. The number of hydrogen-bond donors (Lipinski definition) is 3. The Morgan fingerprint density at radius 1 is 1.29 bits per heavy atom. The molecule has 2 amide bonds. The number of carboxylic acids is 1. The number of aromatic nitrogens is 1. The molecule has 1 aromatic heterocycles. The molecule has 3 N–H and O–H groups in total. The van der Waals surface area contributed by atoms with Crippen molar-refractivity contribution in [1.29, 1.82) is 0 Å². The van der Waals surface area contributed by atoms with Crippen LogP contribution in [0.3, 0.4) is 0 Å². The Hall–Kier alpha value is -2.44. The molecule has 1 aromatic rings. The Kier molecular flexibility index (Phi) is 5.83. The highest BCUT2D eigenvalue weighted by Gasteiger charge is 2.18. The van der Waals surface area contributed by atoms with E-state index in [4.69, 9.17) is 5.11 Å². The summed E-state index contributed by atoms with van der Waals surface area (Å²) in [7, 11) is 0. The zero-order valence-electron chi connectivity index (χ0n) is 12.2. The second kappa shape index (κ2) is 7.37. The van der Waals surface area contributed by atoms with Gasteiger partial charge in [-0.2, -0.15) is 0 Å². The highest BCUT2D eigenvalue weighted by molar-refractivity contribution is 5.99. The van der Waals surface area contributed by atoms with Crippen LogP contribution in [0.4, 0.5) is 0 Å². The van der Waals surface area contributed by atoms with Crippen LogP contribution in [0.1, 0.15) is 48.0 Å². The lowest BCUT2D eigenvalue weighted by Gasteiger charge is -2.17. The van der Waals surface area contributed by atoms with Crippen molar-refractivity contribution in [2.75, 3.05) is 0 Å². The molecule has 0 aliphatic rings. The van der Waals surface area contributed by atoms with Gasteiger partial charge in [-0.3, -0.25) is 9.59 Å². The number of amides is 2. The number of pyridine rings is 1. The van der Waals surface area contributed by atoms with Gasteiger partial charge in [0.1, 0.15) is 11.7 Å². The number of aromatic carboxylic acids is 1. The van der Waals surface area contributed by atoms with Crippen molar-refractivity contribution in [1.82, 2.24) is 15.6 Å². The summed E-state index contributed by atoms with van der Waals surface area (Å²) in [6, 6.07) is 1.86. The number of rotatable bonds is 6. The predicted octanol–water partition coefficient (Wildman–Crippen LogP) is 0.813. The molecule has 1 rings (SSSR count). The fraction of sp³-hybridized carbons (Fsp3) is 0.429. The number of nitrogens with one attached hydrogen (secondary N) is 2. The fourth-order valence-electron chi connectivity index (χ4n) is 1.50. The Labute approximate surface area is 122 Å². The Morgan fingerprint density at radius 3 is 2.52 bits per heavy atom. The Morgan fingerprint density at radius 2 is 1.95 bits per heavy atom. The van der Waals surface area contributed by atoms with Crippen LogP contribution in [0.2, 0.25) is 0 Å². The lowest BCUT2D eigenvalue weighted by atomic mass is 10.2. The number of carbonyl (C=O) groups excluding carboxylic acids is 2. The normalized spacial score (nSPS) is 13.1. The number of nitrogens with zero attached hydrogens (tertiary/aromatic N) is 1. The Balaban J connectivity index is 2.70. The van der Waals surface area contributed by atoms with Gasteiger partial charge in [0.25, 0.3) is 5.91 Å².